The van der Waals surface area contributed by atoms with E-state index < -0.39 is 6.03 Å². The van der Waals surface area contributed by atoms with Crippen molar-refractivity contribution in [1.29, 1.82) is 0 Å². The SMILES string of the molecule is O=C(Nc1ncc(Br)cn1)Nc1ccno1. The molecule has 2 amide bonds. The fourth-order valence-electron chi connectivity index (χ4n) is 0.902. The number of carbonyl (C=O) groups is 1. The van der Waals surface area contributed by atoms with Gasteiger partial charge in [-0.25, -0.2) is 14.8 Å². The molecule has 0 radical (unpaired) electrons. The molecule has 0 aliphatic rings. The summed E-state index contributed by atoms with van der Waals surface area (Å²) in [5.74, 6) is 0.440. The van der Waals surface area contributed by atoms with Crippen LogP contribution in [0.5, 0.6) is 0 Å². The van der Waals surface area contributed by atoms with Crippen molar-refractivity contribution in [2.75, 3.05) is 10.6 Å². The minimum atomic E-state index is -0.501. The van der Waals surface area contributed by atoms with E-state index in [-0.39, 0.29) is 11.8 Å². The van der Waals surface area contributed by atoms with Crippen LogP contribution < -0.4 is 10.6 Å². The highest BCUT2D eigenvalue weighted by Gasteiger charge is 2.06. The van der Waals surface area contributed by atoms with E-state index in [1.165, 1.54) is 24.7 Å². The summed E-state index contributed by atoms with van der Waals surface area (Å²) in [6.07, 6.45) is 4.47. The minimum absolute atomic E-state index is 0.195. The van der Waals surface area contributed by atoms with Crippen LogP contribution in [-0.2, 0) is 0 Å². The highest BCUT2D eigenvalue weighted by Crippen LogP contribution is 2.08. The molecular formula is C8H6BrN5O2. The van der Waals surface area contributed by atoms with E-state index in [1.807, 2.05) is 0 Å². The van der Waals surface area contributed by atoms with Gasteiger partial charge in [-0.2, -0.15) is 0 Å². The van der Waals surface area contributed by atoms with Crippen molar-refractivity contribution in [3.63, 3.8) is 0 Å². The second-order valence-electron chi connectivity index (χ2n) is 2.68. The molecule has 0 fully saturated rings. The van der Waals surface area contributed by atoms with Crippen molar-refractivity contribution in [3.05, 3.63) is 29.1 Å². The van der Waals surface area contributed by atoms with Gasteiger partial charge in [0, 0.05) is 18.5 Å². The van der Waals surface area contributed by atoms with Crippen LogP contribution in [0.3, 0.4) is 0 Å². The highest BCUT2D eigenvalue weighted by atomic mass is 79.9. The summed E-state index contributed by atoms with van der Waals surface area (Å²) in [4.78, 5) is 19.1. The third kappa shape index (κ3) is 2.76. The second-order valence-corrected chi connectivity index (χ2v) is 3.60. The van der Waals surface area contributed by atoms with Crippen LogP contribution >= 0.6 is 15.9 Å². The topological polar surface area (TPSA) is 92.9 Å². The van der Waals surface area contributed by atoms with E-state index in [9.17, 15) is 4.79 Å². The Labute approximate surface area is 98.4 Å². The normalized spacial score (nSPS) is 9.81. The standard InChI is InChI=1S/C8H6BrN5O2/c9-5-3-10-7(11-4-5)14-8(15)13-6-1-2-12-16-6/h1-4H,(H2,10,11,13,14,15). The molecule has 7 nitrogen and oxygen atoms in total. The molecule has 0 atom stereocenters. The Morgan fingerprint density at radius 2 is 2.06 bits per heavy atom. The predicted octanol–water partition coefficient (Wildman–Crippen LogP) is 1.87. The minimum Gasteiger partial charge on any atom is -0.338 e. The Bertz CT molecular complexity index is 470. The van der Waals surface area contributed by atoms with Gasteiger partial charge in [0.05, 0.1) is 10.7 Å². The zero-order valence-electron chi connectivity index (χ0n) is 7.85. The van der Waals surface area contributed by atoms with E-state index in [1.54, 1.807) is 0 Å². The number of anilines is 2. The van der Waals surface area contributed by atoms with E-state index >= 15 is 0 Å². The number of amides is 2. The van der Waals surface area contributed by atoms with Crippen molar-refractivity contribution in [1.82, 2.24) is 15.1 Å². The summed E-state index contributed by atoms with van der Waals surface area (Å²) in [6, 6.07) is 1.02. The van der Waals surface area contributed by atoms with Gasteiger partial charge in [-0.3, -0.25) is 10.6 Å². The molecule has 2 rings (SSSR count). The zero-order chi connectivity index (χ0) is 11.4. The van der Waals surface area contributed by atoms with Crippen LogP contribution in [-0.4, -0.2) is 21.2 Å². The van der Waals surface area contributed by atoms with Crippen molar-refractivity contribution < 1.29 is 9.32 Å². The highest BCUT2D eigenvalue weighted by molar-refractivity contribution is 9.10. The molecule has 0 bridgehead atoms. The van der Waals surface area contributed by atoms with Gasteiger partial charge < -0.3 is 4.52 Å². The average molecular weight is 284 g/mol. The van der Waals surface area contributed by atoms with E-state index in [0.717, 1.165) is 4.47 Å². The first-order valence-electron chi connectivity index (χ1n) is 4.20. The van der Waals surface area contributed by atoms with E-state index in [4.69, 9.17) is 4.52 Å². The van der Waals surface area contributed by atoms with Crippen LogP contribution in [0.2, 0.25) is 0 Å². The number of hydrogen-bond donors (Lipinski definition) is 2. The number of nitrogens with one attached hydrogen (secondary N) is 2. The quantitative estimate of drug-likeness (QED) is 0.878. The number of aromatic nitrogens is 3. The fraction of sp³-hybridized carbons (Fsp3) is 0. The predicted molar refractivity (Wildman–Crippen MR) is 58.9 cm³/mol. The molecule has 2 heterocycles. The molecule has 0 aromatic carbocycles. The van der Waals surface area contributed by atoms with Gasteiger partial charge in [0.2, 0.25) is 11.8 Å². The number of rotatable bonds is 2. The van der Waals surface area contributed by atoms with Crippen LogP contribution in [0, 0.1) is 0 Å². The molecule has 0 saturated heterocycles. The maximum Gasteiger partial charge on any atom is 0.328 e. The van der Waals surface area contributed by atoms with E-state index in [0.29, 0.717) is 0 Å². The van der Waals surface area contributed by atoms with Crippen LogP contribution in [0.15, 0.2) is 33.7 Å². The molecule has 0 spiro atoms. The van der Waals surface area contributed by atoms with E-state index in [2.05, 4.69) is 41.7 Å². The van der Waals surface area contributed by atoms with Crippen molar-refractivity contribution >= 4 is 33.8 Å². The average Bonchev–Trinajstić information content (AvgIpc) is 2.74. The number of carbonyl (C=O) groups excluding carboxylic acids is 1. The zero-order valence-corrected chi connectivity index (χ0v) is 9.43. The molecule has 0 saturated carbocycles. The third-order valence-corrected chi connectivity index (χ3v) is 1.93. The van der Waals surface area contributed by atoms with Gasteiger partial charge in [-0.05, 0) is 15.9 Å². The molecule has 2 aromatic heterocycles. The second kappa shape index (κ2) is 4.71. The Hall–Kier alpha value is -1.96. The summed E-state index contributed by atoms with van der Waals surface area (Å²) >= 11 is 3.18. The van der Waals surface area contributed by atoms with Gasteiger partial charge >= 0.3 is 6.03 Å². The fourth-order valence-corrected chi connectivity index (χ4v) is 1.11. The van der Waals surface area contributed by atoms with Crippen molar-refractivity contribution in [2.24, 2.45) is 0 Å². The summed E-state index contributed by atoms with van der Waals surface area (Å²) in [5.41, 5.74) is 0. The number of urea groups is 1. The molecule has 0 aliphatic carbocycles. The molecule has 0 unspecified atom stereocenters. The Balaban J connectivity index is 1.95. The first kappa shape index (κ1) is 10.6. The third-order valence-electron chi connectivity index (χ3n) is 1.52. The lowest BCUT2D eigenvalue weighted by molar-refractivity contribution is 0.261. The maximum atomic E-state index is 11.4. The molecule has 16 heavy (non-hydrogen) atoms. The van der Waals surface area contributed by atoms with Gasteiger partial charge in [0.25, 0.3) is 0 Å². The van der Waals surface area contributed by atoms with Crippen molar-refractivity contribution in [3.8, 4) is 0 Å². The van der Waals surface area contributed by atoms with Crippen molar-refractivity contribution in [2.45, 2.75) is 0 Å². The maximum absolute atomic E-state index is 11.4. The Kier molecular flexibility index (Phi) is 3.10. The largest absolute Gasteiger partial charge is 0.338 e. The van der Waals surface area contributed by atoms with Crippen LogP contribution in [0.25, 0.3) is 0 Å². The Morgan fingerprint density at radius 3 is 2.69 bits per heavy atom. The lowest BCUT2D eigenvalue weighted by atomic mass is 10.6. The lowest BCUT2D eigenvalue weighted by Gasteiger charge is -2.02. The summed E-state index contributed by atoms with van der Waals surface area (Å²) in [7, 11) is 0. The molecule has 2 aromatic rings. The van der Waals surface area contributed by atoms with Gasteiger partial charge in [0.1, 0.15) is 0 Å². The monoisotopic (exact) mass is 283 g/mol. The molecule has 8 heteroatoms. The van der Waals surface area contributed by atoms with Crippen LogP contribution in [0.4, 0.5) is 16.6 Å². The lowest BCUT2D eigenvalue weighted by Crippen LogP contribution is -2.20. The molecule has 0 aliphatic heterocycles. The number of hydrogen-bond acceptors (Lipinski definition) is 5. The molecule has 82 valence electrons. The summed E-state index contributed by atoms with van der Waals surface area (Å²) in [6.45, 7) is 0. The van der Waals surface area contributed by atoms with Gasteiger partial charge in [0.15, 0.2) is 0 Å². The summed E-state index contributed by atoms with van der Waals surface area (Å²) < 4.78 is 5.42. The molecule has 2 N–H and O–H groups in total. The van der Waals surface area contributed by atoms with Crippen LogP contribution in [0.1, 0.15) is 0 Å². The van der Waals surface area contributed by atoms with Gasteiger partial charge in [-0.15, -0.1) is 0 Å². The molecular weight excluding hydrogens is 278 g/mol. The Morgan fingerprint density at radius 1 is 1.31 bits per heavy atom. The first-order valence-corrected chi connectivity index (χ1v) is 4.99. The summed E-state index contributed by atoms with van der Waals surface area (Å²) in [5, 5.41) is 8.28. The number of nitrogens with zero attached hydrogens (tertiary/aromatic N) is 3. The smallest absolute Gasteiger partial charge is 0.328 e. The van der Waals surface area contributed by atoms with Gasteiger partial charge in [-0.1, -0.05) is 5.16 Å². The first-order chi connectivity index (χ1) is 7.74. The number of halogens is 1.